The molecule has 1 saturated heterocycles. The van der Waals surface area contributed by atoms with Crippen molar-refractivity contribution in [2.75, 3.05) is 13.2 Å². The average molecular weight is 498 g/mol. The molecule has 1 atom stereocenters. The molecule has 2 heterocycles. The van der Waals surface area contributed by atoms with Gasteiger partial charge in [-0.05, 0) is 42.7 Å². The number of carbonyl (C=O) groups is 1. The number of benzene rings is 2. The first kappa shape index (κ1) is 24.8. The van der Waals surface area contributed by atoms with E-state index in [1.165, 1.54) is 30.5 Å². The van der Waals surface area contributed by atoms with Gasteiger partial charge in [-0.3, -0.25) is 4.79 Å². The van der Waals surface area contributed by atoms with Crippen LogP contribution in [0.25, 0.3) is 0 Å². The van der Waals surface area contributed by atoms with Crippen LogP contribution in [0.3, 0.4) is 0 Å². The lowest BCUT2D eigenvalue weighted by Crippen LogP contribution is -2.37. The number of imidazole rings is 1. The number of aromatic nitrogens is 2. The first-order valence-electron chi connectivity index (χ1n) is 11.5. The molecule has 7 nitrogen and oxygen atoms in total. The van der Waals surface area contributed by atoms with Gasteiger partial charge in [0.15, 0.2) is 0 Å². The van der Waals surface area contributed by atoms with Gasteiger partial charge in [0.2, 0.25) is 15.0 Å². The summed E-state index contributed by atoms with van der Waals surface area (Å²) in [4.78, 5) is 19.2. The summed E-state index contributed by atoms with van der Waals surface area (Å²) in [5.74, 6) is -0.902. The molecule has 0 bridgehead atoms. The molecule has 1 amide bonds. The van der Waals surface area contributed by atoms with E-state index >= 15 is 0 Å². The largest absolute Gasteiger partial charge is 0.376 e. The van der Waals surface area contributed by atoms with Crippen molar-refractivity contribution in [3.8, 4) is 0 Å². The van der Waals surface area contributed by atoms with Gasteiger partial charge in [-0.25, -0.2) is 17.8 Å². The molecule has 1 aliphatic rings. The van der Waals surface area contributed by atoms with Crippen molar-refractivity contribution in [2.45, 2.75) is 42.9 Å². The summed E-state index contributed by atoms with van der Waals surface area (Å²) in [6, 6.07) is 14.3. The first-order valence-corrected chi connectivity index (χ1v) is 13.1. The zero-order valence-electron chi connectivity index (χ0n) is 19.3. The van der Waals surface area contributed by atoms with E-state index in [1.807, 2.05) is 6.07 Å². The quantitative estimate of drug-likeness (QED) is 0.396. The van der Waals surface area contributed by atoms with Gasteiger partial charge in [-0.15, -0.1) is 6.58 Å². The molecule has 0 radical (unpaired) electrons. The van der Waals surface area contributed by atoms with Crippen LogP contribution in [0.15, 0.2) is 78.6 Å². The minimum Gasteiger partial charge on any atom is -0.376 e. The van der Waals surface area contributed by atoms with Gasteiger partial charge in [0.25, 0.3) is 5.91 Å². The molecule has 0 spiro atoms. The minimum atomic E-state index is -3.75. The Bertz CT molecular complexity index is 1270. The van der Waals surface area contributed by atoms with Crippen molar-refractivity contribution < 1.29 is 22.3 Å². The molecule has 184 valence electrons. The van der Waals surface area contributed by atoms with Crippen molar-refractivity contribution in [3.05, 3.63) is 96.1 Å². The van der Waals surface area contributed by atoms with Crippen molar-refractivity contribution in [2.24, 2.45) is 0 Å². The second-order valence-corrected chi connectivity index (χ2v) is 10.4. The molecule has 35 heavy (non-hydrogen) atoms. The standard InChI is InChI=1S/C26H28FN3O4S/c1-2-14-30-23(16-28-26(30)35(32,33)19-20-7-4-3-5-8-20)17-29(18-24-9-6-15-34-24)25(31)21-10-12-22(27)13-11-21/h2-5,7-8,10-13,16,24H,1,6,9,14-15,17-19H2. The summed E-state index contributed by atoms with van der Waals surface area (Å²) in [6.07, 6.45) is 4.72. The molecule has 1 aromatic heterocycles. The second-order valence-electron chi connectivity index (χ2n) is 8.50. The van der Waals surface area contributed by atoms with E-state index in [-0.39, 0.29) is 36.0 Å². The molecule has 0 N–H and O–H groups in total. The van der Waals surface area contributed by atoms with Crippen molar-refractivity contribution in [1.82, 2.24) is 14.5 Å². The Balaban J connectivity index is 1.64. The monoisotopic (exact) mass is 497 g/mol. The number of allylic oxidation sites excluding steroid dienone is 1. The Hall–Kier alpha value is -3.30. The van der Waals surface area contributed by atoms with Crippen LogP contribution in [0.1, 0.15) is 34.5 Å². The van der Waals surface area contributed by atoms with E-state index in [0.717, 1.165) is 12.8 Å². The average Bonchev–Trinajstić information content (AvgIpc) is 3.50. The molecular formula is C26H28FN3O4S. The molecule has 2 aromatic carbocycles. The number of nitrogens with zero attached hydrogens (tertiary/aromatic N) is 3. The predicted octanol–water partition coefficient (Wildman–Crippen LogP) is 4.00. The fourth-order valence-electron chi connectivity index (χ4n) is 4.17. The highest BCUT2D eigenvalue weighted by Gasteiger charge is 2.28. The minimum absolute atomic E-state index is 0.0671. The van der Waals surface area contributed by atoms with Crippen LogP contribution in [-0.4, -0.2) is 48.0 Å². The Labute approximate surface area is 204 Å². The fraction of sp³-hybridized carbons (Fsp3) is 0.308. The third kappa shape index (κ3) is 6.04. The van der Waals surface area contributed by atoms with E-state index in [0.29, 0.717) is 30.0 Å². The van der Waals surface area contributed by atoms with E-state index in [2.05, 4.69) is 11.6 Å². The van der Waals surface area contributed by atoms with E-state index in [1.54, 1.807) is 39.8 Å². The Morgan fingerprint density at radius 3 is 2.60 bits per heavy atom. The van der Waals surface area contributed by atoms with Gasteiger partial charge in [0.1, 0.15) is 5.82 Å². The highest BCUT2D eigenvalue weighted by atomic mass is 32.2. The molecular weight excluding hydrogens is 469 g/mol. The Morgan fingerprint density at radius 1 is 1.20 bits per heavy atom. The zero-order chi connectivity index (χ0) is 24.8. The van der Waals surface area contributed by atoms with E-state index in [4.69, 9.17) is 4.74 Å². The van der Waals surface area contributed by atoms with E-state index < -0.39 is 15.7 Å². The molecule has 0 saturated carbocycles. The third-order valence-electron chi connectivity index (χ3n) is 5.87. The lowest BCUT2D eigenvalue weighted by molar-refractivity contribution is 0.0501. The van der Waals surface area contributed by atoms with Crippen LogP contribution < -0.4 is 0 Å². The number of halogens is 1. The normalized spacial score (nSPS) is 15.7. The van der Waals surface area contributed by atoms with Gasteiger partial charge in [0, 0.05) is 25.3 Å². The predicted molar refractivity (Wildman–Crippen MR) is 130 cm³/mol. The summed E-state index contributed by atoms with van der Waals surface area (Å²) in [5, 5.41) is -0.0671. The number of sulfone groups is 1. The summed E-state index contributed by atoms with van der Waals surface area (Å²) in [7, 11) is -3.75. The van der Waals surface area contributed by atoms with Crippen molar-refractivity contribution >= 4 is 15.7 Å². The lowest BCUT2D eigenvalue weighted by atomic mass is 10.1. The van der Waals surface area contributed by atoms with Crippen LogP contribution >= 0.6 is 0 Å². The van der Waals surface area contributed by atoms with Gasteiger partial charge >= 0.3 is 0 Å². The van der Waals surface area contributed by atoms with Crippen molar-refractivity contribution in [3.63, 3.8) is 0 Å². The molecule has 1 fully saturated rings. The molecule has 0 aliphatic carbocycles. The number of amides is 1. The van der Waals surface area contributed by atoms with Gasteiger partial charge in [0.05, 0.1) is 30.3 Å². The maximum absolute atomic E-state index is 13.4. The summed E-state index contributed by atoms with van der Waals surface area (Å²) < 4.78 is 47.1. The van der Waals surface area contributed by atoms with Crippen molar-refractivity contribution in [1.29, 1.82) is 0 Å². The molecule has 4 rings (SSSR count). The number of hydrogen-bond donors (Lipinski definition) is 0. The van der Waals surface area contributed by atoms with Crippen LogP contribution in [0.4, 0.5) is 4.39 Å². The Morgan fingerprint density at radius 2 is 1.94 bits per heavy atom. The summed E-state index contributed by atoms with van der Waals surface area (Å²) >= 11 is 0. The number of carbonyl (C=O) groups excluding carboxylic acids is 1. The highest BCUT2D eigenvalue weighted by molar-refractivity contribution is 7.90. The highest BCUT2D eigenvalue weighted by Crippen LogP contribution is 2.21. The maximum atomic E-state index is 13.4. The van der Waals surface area contributed by atoms with Gasteiger partial charge in [-0.2, -0.15) is 0 Å². The molecule has 1 unspecified atom stereocenters. The second kappa shape index (κ2) is 11.0. The van der Waals surface area contributed by atoms with Crippen LogP contribution in [0.2, 0.25) is 0 Å². The zero-order valence-corrected chi connectivity index (χ0v) is 20.2. The Kier molecular flexibility index (Phi) is 7.77. The van der Waals surface area contributed by atoms with E-state index in [9.17, 15) is 17.6 Å². The molecule has 9 heteroatoms. The SMILES string of the molecule is C=CCn1c(CN(CC2CCCO2)C(=O)c2ccc(F)cc2)cnc1S(=O)(=O)Cc1ccccc1. The van der Waals surface area contributed by atoms with Crippen LogP contribution in [0.5, 0.6) is 0 Å². The maximum Gasteiger partial charge on any atom is 0.254 e. The fourth-order valence-corrected chi connectivity index (χ4v) is 5.67. The van der Waals surface area contributed by atoms with Gasteiger partial charge < -0.3 is 14.2 Å². The first-order chi connectivity index (χ1) is 16.9. The molecule has 1 aliphatic heterocycles. The van der Waals surface area contributed by atoms with Crippen LogP contribution in [-0.2, 0) is 33.4 Å². The topological polar surface area (TPSA) is 81.5 Å². The summed E-state index contributed by atoms with van der Waals surface area (Å²) in [5.41, 5.74) is 1.56. The number of rotatable bonds is 10. The van der Waals surface area contributed by atoms with Gasteiger partial charge in [-0.1, -0.05) is 36.4 Å². The molecule has 3 aromatic rings. The smallest absolute Gasteiger partial charge is 0.254 e. The number of ether oxygens (including phenoxy) is 1. The van der Waals surface area contributed by atoms with Crippen LogP contribution in [0, 0.1) is 5.82 Å². The number of hydrogen-bond acceptors (Lipinski definition) is 5. The summed E-state index contributed by atoms with van der Waals surface area (Å²) in [6.45, 7) is 5.07. The lowest BCUT2D eigenvalue weighted by Gasteiger charge is -2.26. The third-order valence-corrected chi connectivity index (χ3v) is 7.47.